The molecule has 0 spiro atoms. The topological polar surface area (TPSA) is 123 Å². The van der Waals surface area contributed by atoms with Crippen molar-refractivity contribution in [2.75, 3.05) is 4.90 Å². The Bertz CT molecular complexity index is 578. The van der Waals surface area contributed by atoms with Gasteiger partial charge in [0.15, 0.2) is 0 Å². The number of guanidine groups is 2. The van der Waals surface area contributed by atoms with E-state index in [-0.39, 0.29) is 24.3 Å². The molecule has 108 valence electrons. The van der Waals surface area contributed by atoms with Gasteiger partial charge in [-0.3, -0.25) is 9.69 Å². The second-order valence-corrected chi connectivity index (χ2v) is 4.68. The number of hydrogen-bond acceptors (Lipinski definition) is 6. The van der Waals surface area contributed by atoms with E-state index in [1.807, 2.05) is 13.8 Å². The van der Waals surface area contributed by atoms with Crippen LogP contribution in [-0.4, -0.2) is 23.5 Å². The molecule has 1 aromatic rings. The Balaban J connectivity index is 0.00000200. The van der Waals surface area contributed by atoms with Crippen molar-refractivity contribution in [1.82, 2.24) is 0 Å². The van der Waals surface area contributed by atoms with Crippen LogP contribution in [0.3, 0.4) is 0 Å². The largest absolute Gasteiger partial charge is 0.369 e. The molecule has 1 heterocycles. The number of hydrogen-bond donors (Lipinski definition) is 3. The summed E-state index contributed by atoms with van der Waals surface area (Å²) in [5.74, 6) is -0.0785. The van der Waals surface area contributed by atoms with Crippen LogP contribution in [0, 0.1) is 0 Å². The lowest BCUT2D eigenvalue weighted by molar-refractivity contribution is 0.100. The van der Waals surface area contributed by atoms with Gasteiger partial charge in [-0.1, -0.05) is 0 Å². The van der Waals surface area contributed by atoms with Crippen LogP contribution in [0.4, 0.5) is 5.69 Å². The van der Waals surface area contributed by atoms with E-state index in [1.165, 1.54) is 0 Å². The third-order valence-corrected chi connectivity index (χ3v) is 2.80. The van der Waals surface area contributed by atoms with Crippen LogP contribution >= 0.6 is 12.4 Å². The number of rotatable bonds is 2. The number of halogens is 1. The fourth-order valence-corrected chi connectivity index (χ4v) is 2.03. The number of carbonyl (C=O) groups excluding carboxylic acids is 1. The lowest BCUT2D eigenvalue weighted by Crippen LogP contribution is -2.54. The summed E-state index contributed by atoms with van der Waals surface area (Å²) in [6.45, 7) is 3.73. The Morgan fingerprint density at radius 1 is 1.20 bits per heavy atom. The number of nitrogens with two attached hydrogens (primary N) is 3. The SMILES string of the molecule is CC1(C)N=C(N)N=C(N)N1c1ccc(C(N)=O)cc1.Cl. The van der Waals surface area contributed by atoms with Crippen molar-refractivity contribution < 1.29 is 4.79 Å². The molecular weight excluding hydrogens is 280 g/mol. The predicted octanol–water partition coefficient (Wildman–Crippen LogP) is 0.393. The molecule has 1 aliphatic rings. The van der Waals surface area contributed by atoms with E-state index < -0.39 is 11.6 Å². The molecule has 1 amide bonds. The van der Waals surface area contributed by atoms with Crippen molar-refractivity contribution in [3.05, 3.63) is 29.8 Å². The second-order valence-electron chi connectivity index (χ2n) is 4.68. The zero-order valence-corrected chi connectivity index (χ0v) is 12.0. The van der Waals surface area contributed by atoms with Gasteiger partial charge in [-0.05, 0) is 38.1 Å². The Morgan fingerprint density at radius 2 is 1.75 bits per heavy atom. The summed E-state index contributed by atoms with van der Waals surface area (Å²) in [7, 11) is 0. The van der Waals surface area contributed by atoms with Gasteiger partial charge >= 0.3 is 0 Å². The third kappa shape index (κ3) is 2.83. The average Bonchev–Trinajstić information content (AvgIpc) is 2.26. The first-order chi connectivity index (χ1) is 8.81. The zero-order valence-electron chi connectivity index (χ0n) is 11.2. The standard InChI is InChI=1S/C12H16N6O.ClH/c1-12(2)17-10(14)16-11(15)18(12)8-5-3-7(4-6-8)9(13)19;/h3-6H,1-2H3,(H2,13,19)(H4,14,15,16,17);1H. The van der Waals surface area contributed by atoms with Crippen LogP contribution < -0.4 is 22.1 Å². The van der Waals surface area contributed by atoms with Crippen molar-refractivity contribution in [2.24, 2.45) is 27.2 Å². The van der Waals surface area contributed by atoms with E-state index >= 15 is 0 Å². The Labute approximate surface area is 122 Å². The van der Waals surface area contributed by atoms with Crippen molar-refractivity contribution in [3.8, 4) is 0 Å². The number of nitrogens with zero attached hydrogens (tertiary/aromatic N) is 3. The maximum atomic E-state index is 11.0. The van der Waals surface area contributed by atoms with E-state index in [0.29, 0.717) is 5.56 Å². The van der Waals surface area contributed by atoms with Crippen LogP contribution in [0.15, 0.2) is 34.3 Å². The van der Waals surface area contributed by atoms with Gasteiger partial charge in [0.2, 0.25) is 17.8 Å². The molecule has 0 aromatic heterocycles. The summed E-state index contributed by atoms with van der Waals surface area (Å²) >= 11 is 0. The number of aliphatic imine (C=N–C) groups is 2. The van der Waals surface area contributed by atoms with Crippen LogP contribution in [0.2, 0.25) is 0 Å². The quantitative estimate of drug-likeness (QED) is 0.730. The summed E-state index contributed by atoms with van der Waals surface area (Å²) in [6.07, 6.45) is 0. The maximum Gasteiger partial charge on any atom is 0.248 e. The van der Waals surface area contributed by atoms with Gasteiger partial charge in [-0.25, -0.2) is 4.99 Å². The summed E-state index contributed by atoms with van der Waals surface area (Å²) < 4.78 is 0. The number of primary amides is 1. The third-order valence-electron chi connectivity index (χ3n) is 2.80. The van der Waals surface area contributed by atoms with Gasteiger partial charge in [0.25, 0.3) is 0 Å². The molecule has 1 aromatic carbocycles. The molecule has 8 heteroatoms. The van der Waals surface area contributed by atoms with Gasteiger partial charge in [-0.2, -0.15) is 4.99 Å². The Kier molecular flexibility index (Phi) is 4.24. The zero-order chi connectivity index (χ0) is 14.2. The van der Waals surface area contributed by atoms with Gasteiger partial charge in [0.05, 0.1) is 0 Å². The normalized spacial score (nSPS) is 16.8. The van der Waals surface area contributed by atoms with E-state index in [2.05, 4.69) is 9.98 Å². The highest BCUT2D eigenvalue weighted by Crippen LogP contribution is 2.27. The molecule has 1 aliphatic heterocycles. The average molecular weight is 297 g/mol. The number of amides is 1. The number of benzene rings is 1. The Hall–Kier alpha value is -2.28. The van der Waals surface area contributed by atoms with Gasteiger partial charge in [-0.15, -0.1) is 12.4 Å². The lowest BCUT2D eigenvalue weighted by atomic mass is 10.1. The smallest absolute Gasteiger partial charge is 0.248 e. The summed E-state index contributed by atoms with van der Waals surface area (Å²) in [5.41, 5.74) is 17.2. The van der Waals surface area contributed by atoms with E-state index in [9.17, 15) is 4.79 Å². The molecule has 0 radical (unpaired) electrons. The van der Waals surface area contributed by atoms with Gasteiger partial charge in [0.1, 0.15) is 5.66 Å². The molecule has 6 N–H and O–H groups in total. The molecule has 0 atom stereocenters. The minimum atomic E-state index is -0.649. The molecule has 7 nitrogen and oxygen atoms in total. The minimum absolute atomic E-state index is 0. The predicted molar refractivity (Wildman–Crippen MR) is 82.0 cm³/mol. The van der Waals surface area contributed by atoms with Gasteiger partial charge in [0, 0.05) is 11.3 Å². The molecule has 0 fully saturated rings. The number of carbonyl (C=O) groups is 1. The number of anilines is 1. The fourth-order valence-electron chi connectivity index (χ4n) is 2.03. The van der Waals surface area contributed by atoms with Crippen molar-refractivity contribution >= 4 is 35.9 Å². The monoisotopic (exact) mass is 296 g/mol. The van der Waals surface area contributed by atoms with Crippen molar-refractivity contribution in [2.45, 2.75) is 19.5 Å². The highest BCUT2D eigenvalue weighted by molar-refractivity contribution is 6.05. The second kappa shape index (κ2) is 5.38. The molecule has 0 bridgehead atoms. The molecule has 0 unspecified atom stereocenters. The molecule has 20 heavy (non-hydrogen) atoms. The van der Waals surface area contributed by atoms with Crippen LogP contribution in [0.1, 0.15) is 24.2 Å². The van der Waals surface area contributed by atoms with Crippen molar-refractivity contribution in [1.29, 1.82) is 0 Å². The highest BCUT2D eigenvalue weighted by atomic mass is 35.5. The van der Waals surface area contributed by atoms with E-state index in [1.54, 1.807) is 29.2 Å². The Morgan fingerprint density at radius 3 is 2.20 bits per heavy atom. The first-order valence-electron chi connectivity index (χ1n) is 5.71. The van der Waals surface area contributed by atoms with Crippen molar-refractivity contribution in [3.63, 3.8) is 0 Å². The maximum absolute atomic E-state index is 11.0. The summed E-state index contributed by atoms with van der Waals surface area (Å²) in [5, 5.41) is 0. The van der Waals surface area contributed by atoms with Gasteiger partial charge < -0.3 is 17.2 Å². The molecule has 2 rings (SSSR count). The fraction of sp³-hybridized carbons (Fsp3) is 0.250. The van der Waals surface area contributed by atoms with E-state index in [4.69, 9.17) is 17.2 Å². The molecule has 0 saturated heterocycles. The summed E-state index contributed by atoms with van der Waals surface area (Å²) in [6, 6.07) is 6.73. The summed E-state index contributed by atoms with van der Waals surface area (Å²) in [4.78, 5) is 21.0. The molecule has 0 saturated carbocycles. The lowest BCUT2D eigenvalue weighted by Gasteiger charge is -2.38. The molecular formula is C12H17ClN6O. The first-order valence-corrected chi connectivity index (χ1v) is 5.71. The first kappa shape index (κ1) is 15.8. The van der Waals surface area contributed by atoms with Crippen LogP contribution in [0.5, 0.6) is 0 Å². The van der Waals surface area contributed by atoms with Crippen LogP contribution in [-0.2, 0) is 0 Å². The molecule has 0 aliphatic carbocycles. The minimum Gasteiger partial charge on any atom is -0.369 e. The highest BCUT2D eigenvalue weighted by Gasteiger charge is 2.32. The van der Waals surface area contributed by atoms with E-state index in [0.717, 1.165) is 5.69 Å². The van der Waals surface area contributed by atoms with Crippen LogP contribution in [0.25, 0.3) is 0 Å².